The van der Waals surface area contributed by atoms with Crippen LogP contribution in [0, 0.1) is 17.3 Å². The van der Waals surface area contributed by atoms with Crippen LogP contribution in [-0.2, 0) is 4.79 Å². The van der Waals surface area contributed by atoms with E-state index < -0.39 is 5.60 Å². The average molecular weight is 206 g/mol. The number of rotatable bonds is 2. The van der Waals surface area contributed by atoms with Gasteiger partial charge in [-0.15, -0.1) is 0 Å². The van der Waals surface area contributed by atoms with Crippen molar-refractivity contribution < 1.29 is 9.90 Å². The molecule has 0 spiro atoms. The molecule has 4 aliphatic rings. The van der Waals surface area contributed by atoms with Crippen LogP contribution in [0.25, 0.3) is 0 Å². The Hall–Kier alpha value is -0.630. The smallest absolute Gasteiger partial charge is 0.161 e. The highest BCUT2D eigenvalue weighted by Crippen LogP contribution is 2.61. The molecule has 4 saturated carbocycles. The zero-order valence-electron chi connectivity index (χ0n) is 9.04. The molecule has 0 amide bonds. The molecule has 2 unspecified atom stereocenters. The molecule has 0 radical (unpaired) electrons. The van der Waals surface area contributed by atoms with Crippen LogP contribution in [0.3, 0.4) is 0 Å². The van der Waals surface area contributed by atoms with E-state index in [0.29, 0.717) is 18.3 Å². The Kier molecular flexibility index (Phi) is 1.75. The van der Waals surface area contributed by atoms with Crippen molar-refractivity contribution in [3.63, 3.8) is 0 Å². The third-order valence-electron chi connectivity index (χ3n) is 4.74. The molecule has 2 nitrogen and oxygen atoms in total. The summed E-state index contributed by atoms with van der Waals surface area (Å²) in [5, 5.41) is 10.4. The number of aliphatic hydroxyl groups is 1. The predicted octanol–water partition coefficient (Wildman–Crippen LogP) is 2.07. The van der Waals surface area contributed by atoms with Gasteiger partial charge in [-0.2, -0.15) is 0 Å². The van der Waals surface area contributed by atoms with Crippen molar-refractivity contribution in [3.8, 4) is 0 Å². The number of ketones is 1. The molecule has 0 saturated heterocycles. The number of hydrogen-bond acceptors (Lipinski definition) is 2. The summed E-state index contributed by atoms with van der Waals surface area (Å²) in [4.78, 5) is 12.0. The fourth-order valence-electron chi connectivity index (χ4n) is 4.72. The summed E-state index contributed by atoms with van der Waals surface area (Å²) in [5.41, 5.74) is -0.761. The van der Waals surface area contributed by atoms with Gasteiger partial charge in [-0.25, -0.2) is 0 Å². The van der Waals surface area contributed by atoms with Crippen molar-refractivity contribution in [2.75, 3.05) is 0 Å². The van der Waals surface area contributed by atoms with Crippen LogP contribution >= 0.6 is 0 Å². The van der Waals surface area contributed by atoms with Crippen LogP contribution in [0.4, 0.5) is 0 Å². The summed E-state index contributed by atoms with van der Waals surface area (Å²) in [7, 11) is 0. The first kappa shape index (κ1) is 9.59. The first-order chi connectivity index (χ1) is 7.05. The lowest BCUT2D eigenvalue weighted by Gasteiger charge is -2.59. The molecule has 0 aromatic rings. The fourth-order valence-corrected chi connectivity index (χ4v) is 4.72. The maximum absolute atomic E-state index is 12.0. The summed E-state index contributed by atoms with van der Waals surface area (Å²) in [5.74, 6) is 1.34. The van der Waals surface area contributed by atoms with E-state index in [1.165, 1.54) is 12.5 Å². The van der Waals surface area contributed by atoms with Crippen molar-refractivity contribution in [1.82, 2.24) is 0 Å². The first-order valence-electron chi connectivity index (χ1n) is 5.95. The van der Waals surface area contributed by atoms with Gasteiger partial charge in [0.2, 0.25) is 0 Å². The largest absolute Gasteiger partial charge is 0.390 e. The normalized spacial score (nSPS) is 51.8. The van der Waals surface area contributed by atoms with Gasteiger partial charge in [-0.3, -0.25) is 4.79 Å². The van der Waals surface area contributed by atoms with E-state index in [1.807, 2.05) is 0 Å². The maximum Gasteiger partial charge on any atom is 0.161 e. The lowest BCUT2D eigenvalue weighted by Crippen LogP contribution is -2.57. The van der Waals surface area contributed by atoms with Crippen LogP contribution in [0.5, 0.6) is 0 Å². The van der Waals surface area contributed by atoms with Gasteiger partial charge in [0.25, 0.3) is 0 Å². The van der Waals surface area contributed by atoms with E-state index in [9.17, 15) is 9.90 Å². The molecule has 2 atom stereocenters. The lowest BCUT2D eigenvalue weighted by molar-refractivity contribution is -0.173. The van der Waals surface area contributed by atoms with Crippen molar-refractivity contribution in [2.45, 2.75) is 44.1 Å². The van der Waals surface area contributed by atoms with Crippen LogP contribution in [-0.4, -0.2) is 16.5 Å². The number of allylic oxidation sites excluding steroid dienone is 1. The van der Waals surface area contributed by atoms with E-state index in [4.69, 9.17) is 0 Å². The maximum atomic E-state index is 12.0. The van der Waals surface area contributed by atoms with Crippen LogP contribution < -0.4 is 0 Å². The van der Waals surface area contributed by atoms with Crippen molar-refractivity contribution in [2.24, 2.45) is 17.3 Å². The molecule has 1 N–H and O–H groups in total. The molecule has 4 rings (SSSR count). The fraction of sp³-hybridized carbons (Fsp3) is 0.769. The Bertz CT molecular complexity index is 317. The second-order valence-electron chi connectivity index (χ2n) is 6.03. The van der Waals surface area contributed by atoms with Gasteiger partial charge in [0, 0.05) is 5.41 Å². The Labute approximate surface area is 90.4 Å². The zero-order valence-corrected chi connectivity index (χ0v) is 9.04. The average Bonchev–Trinajstić information content (AvgIpc) is 2.12. The quantitative estimate of drug-likeness (QED) is 0.702. The topological polar surface area (TPSA) is 37.3 Å². The van der Waals surface area contributed by atoms with E-state index in [2.05, 4.69) is 6.58 Å². The van der Waals surface area contributed by atoms with Crippen LogP contribution in [0.2, 0.25) is 0 Å². The summed E-state index contributed by atoms with van der Waals surface area (Å²) >= 11 is 0. The third-order valence-corrected chi connectivity index (χ3v) is 4.74. The van der Waals surface area contributed by atoms with Gasteiger partial charge < -0.3 is 5.11 Å². The molecule has 2 heteroatoms. The molecule has 4 fully saturated rings. The minimum absolute atomic E-state index is 0.176. The first-order valence-corrected chi connectivity index (χ1v) is 5.95. The Balaban J connectivity index is 1.99. The Morgan fingerprint density at radius 3 is 2.33 bits per heavy atom. The van der Waals surface area contributed by atoms with E-state index >= 15 is 0 Å². The van der Waals surface area contributed by atoms with E-state index in [0.717, 1.165) is 25.7 Å². The molecule has 15 heavy (non-hydrogen) atoms. The number of carbonyl (C=O) groups is 1. The van der Waals surface area contributed by atoms with E-state index in [1.54, 1.807) is 0 Å². The minimum Gasteiger partial charge on any atom is -0.390 e. The summed E-state index contributed by atoms with van der Waals surface area (Å²) in [6, 6.07) is 0. The van der Waals surface area contributed by atoms with Gasteiger partial charge in [-0.05, 0) is 56.4 Å². The molecule has 4 bridgehead atoms. The second kappa shape index (κ2) is 2.73. The Morgan fingerprint density at radius 1 is 1.27 bits per heavy atom. The van der Waals surface area contributed by atoms with Gasteiger partial charge in [0.05, 0.1) is 5.60 Å². The number of hydrogen-bond donors (Lipinski definition) is 1. The third kappa shape index (κ3) is 1.24. The monoisotopic (exact) mass is 206 g/mol. The number of carbonyl (C=O) groups excluding carboxylic acids is 1. The van der Waals surface area contributed by atoms with Crippen molar-refractivity contribution in [3.05, 3.63) is 12.7 Å². The lowest BCUT2D eigenvalue weighted by atomic mass is 9.47. The van der Waals surface area contributed by atoms with Gasteiger partial charge in [0.15, 0.2) is 5.78 Å². The molecular formula is C13H18O2. The van der Waals surface area contributed by atoms with Crippen molar-refractivity contribution >= 4 is 5.78 Å². The SMILES string of the molecule is C=CC(=O)C12CC3CC(CC(O)(C3)C1)C2. The molecule has 0 aromatic heterocycles. The highest BCUT2D eigenvalue weighted by atomic mass is 16.3. The molecule has 82 valence electrons. The van der Waals surface area contributed by atoms with E-state index in [-0.39, 0.29) is 11.2 Å². The predicted molar refractivity (Wildman–Crippen MR) is 57.3 cm³/mol. The van der Waals surface area contributed by atoms with Gasteiger partial charge in [-0.1, -0.05) is 6.58 Å². The summed E-state index contributed by atoms with van der Waals surface area (Å²) in [6.07, 6.45) is 7.24. The Morgan fingerprint density at radius 2 is 1.87 bits per heavy atom. The highest BCUT2D eigenvalue weighted by molar-refractivity contribution is 5.94. The van der Waals surface area contributed by atoms with Gasteiger partial charge in [0.1, 0.15) is 0 Å². The summed E-state index contributed by atoms with van der Waals surface area (Å²) < 4.78 is 0. The highest BCUT2D eigenvalue weighted by Gasteiger charge is 2.59. The zero-order chi connectivity index (χ0) is 10.7. The van der Waals surface area contributed by atoms with Crippen LogP contribution in [0.15, 0.2) is 12.7 Å². The molecule has 0 aliphatic heterocycles. The second-order valence-corrected chi connectivity index (χ2v) is 6.03. The molecule has 0 aromatic carbocycles. The molecule has 4 aliphatic carbocycles. The van der Waals surface area contributed by atoms with Gasteiger partial charge >= 0.3 is 0 Å². The van der Waals surface area contributed by atoms with Crippen LogP contribution in [0.1, 0.15) is 38.5 Å². The molecule has 0 heterocycles. The van der Waals surface area contributed by atoms with Crippen molar-refractivity contribution in [1.29, 1.82) is 0 Å². The summed E-state index contributed by atoms with van der Waals surface area (Å²) in [6.45, 7) is 3.61. The minimum atomic E-state index is -0.525. The molecular weight excluding hydrogens is 188 g/mol. The standard InChI is InChI=1S/C13H18O2/c1-2-11(14)12-4-9-3-10(5-12)7-13(15,6-9)8-12/h2,9-10,15H,1,3-8H2.